The Hall–Kier alpha value is -1.61. The lowest BCUT2D eigenvalue weighted by Gasteiger charge is -2.21. The molecule has 0 bridgehead atoms. The van der Waals surface area contributed by atoms with E-state index in [2.05, 4.69) is 37.6 Å². The number of hydrogen-bond donors (Lipinski definition) is 2. The number of nitrogens with zero attached hydrogens (tertiary/aromatic N) is 1. The smallest absolute Gasteiger partial charge is 0.266 e. The predicted molar refractivity (Wildman–Crippen MR) is 90.7 cm³/mol. The molecule has 2 N–H and O–H groups in total. The van der Waals surface area contributed by atoms with Crippen LogP contribution < -0.4 is 10.0 Å². The number of fused-ring (bicyclic) bond motifs is 1. The number of sulfonamides is 1. The molecule has 0 spiro atoms. The van der Waals surface area contributed by atoms with Gasteiger partial charge in [-0.2, -0.15) is 0 Å². The second-order valence-electron chi connectivity index (χ2n) is 4.52. The zero-order chi connectivity index (χ0) is 14.9. The largest absolute Gasteiger partial charge is 0.324 e. The standard InChI is InChI=1S/C14H12IN3O2S/c15-11-6-7-12-13(8-11)21(19,20)18-14(17-12)16-9-10-4-2-1-3-5-10/h1-8H,9H2,(H2,16,17,18). The van der Waals surface area contributed by atoms with Crippen molar-refractivity contribution < 1.29 is 8.42 Å². The number of anilines is 1. The van der Waals surface area contributed by atoms with Crippen LogP contribution in [0.3, 0.4) is 0 Å². The van der Waals surface area contributed by atoms with Crippen molar-refractivity contribution in [3.8, 4) is 0 Å². The van der Waals surface area contributed by atoms with Crippen molar-refractivity contribution >= 4 is 44.3 Å². The van der Waals surface area contributed by atoms with Crippen LogP contribution >= 0.6 is 22.6 Å². The lowest BCUT2D eigenvalue weighted by atomic mass is 10.2. The molecule has 0 aliphatic carbocycles. The molecule has 0 unspecified atom stereocenters. The number of halogens is 1. The zero-order valence-electron chi connectivity index (χ0n) is 10.9. The van der Waals surface area contributed by atoms with E-state index in [4.69, 9.17) is 0 Å². The van der Waals surface area contributed by atoms with Crippen LogP contribution in [0.5, 0.6) is 0 Å². The molecule has 5 nitrogen and oxygen atoms in total. The van der Waals surface area contributed by atoms with Crippen LogP contribution in [0.4, 0.5) is 5.69 Å². The van der Waals surface area contributed by atoms with Crippen molar-refractivity contribution in [3.05, 3.63) is 57.7 Å². The van der Waals surface area contributed by atoms with E-state index in [9.17, 15) is 8.42 Å². The molecule has 7 heteroatoms. The third kappa shape index (κ3) is 3.18. The summed E-state index contributed by atoms with van der Waals surface area (Å²) in [5, 5.41) is 3.01. The van der Waals surface area contributed by atoms with Crippen molar-refractivity contribution in [2.45, 2.75) is 11.4 Å². The summed E-state index contributed by atoms with van der Waals surface area (Å²) in [5.41, 5.74) is 1.56. The Morgan fingerprint density at radius 1 is 1.10 bits per heavy atom. The summed E-state index contributed by atoms with van der Waals surface area (Å²) in [6, 6.07) is 14.9. The lowest BCUT2D eigenvalue weighted by molar-refractivity contribution is 0.591. The van der Waals surface area contributed by atoms with Crippen LogP contribution in [0.1, 0.15) is 5.56 Å². The van der Waals surface area contributed by atoms with Gasteiger partial charge in [0.05, 0.1) is 12.2 Å². The van der Waals surface area contributed by atoms with Crippen molar-refractivity contribution in [3.63, 3.8) is 0 Å². The molecule has 0 saturated heterocycles. The summed E-state index contributed by atoms with van der Waals surface area (Å²) < 4.78 is 27.7. The normalized spacial score (nSPS) is 17.7. The number of rotatable bonds is 2. The van der Waals surface area contributed by atoms with Gasteiger partial charge in [0.15, 0.2) is 0 Å². The Morgan fingerprint density at radius 2 is 1.86 bits per heavy atom. The third-order valence-electron chi connectivity index (χ3n) is 2.98. The topological polar surface area (TPSA) is 70.6 Å². The van der Waals surface area contributed by atoms with Gasteiger partial charge in [0.2, 0.25) is 5.96 Å². The number of guanidine groups is 1. The van der Waals surface area contributed by atoms with E-state index >= 15 is 0 Å². The molecule has 3 rings (SSSR count). The molecule has 1 heterocycles. The third-order valence-corrected chi connectivity index (χ3v) is 5.03. The van der Waals surface area contributed by atoms with Crippen molar-refractivity contribution in [1.29, 1.82) is 0 Å². The predicted octanol–water partition coefficient (Wildman–Crippen LogP) is 2.55. The van der Waals surface area contributed by atoms with E-state index in [0.717, 1.165) is 9.13 Å². The quantitative estimate of drug-likeness (QED) is 0.744. The maximum atomic E-state index is 12.2. The van der Waals surface area contributed by atoms with E-state index < -0.39 is 10.0 Å². The molecule has 0 fully saturated rings. The summed E-state index contributed by atoms with van der Waals surface area (Å²) >= 11 is 2.08. The molecule has 0 atom stereocenters. The number of nitrogens with one attached hydrogen (secondary N) is 2. The fraction of sp³-hybridized carbons (Fsp3) is 0.0714. The van der Waals surface area contributed by atoms with Gasteiger partial charge >= 0.3 is 0 Å². The summed E-state index contributed by atoms with van der Waals surface area (Å²) in [6.45, 7) is 0.408. The van der Waals surface area contributed by atoms with E-state index in [1.807, 2.05) is 36.4 Å². The highest BCUT2D eigenvalue weighted by Gasteiger charge is 2.26. The van der Waals surface area contributed by atoms with Crippen LogP contribution in [-0.4, -0.2) is 14.4 Å². The minimum atomic E-state index is -3.57. The molecule has 1 aliphatic rings. The molecule has 1 aliphatic heterocycles. The second-order valence-corrected chi connectivity index (χ2v) is 7.42. The average molecular weight is 413 g/mol. The number of aliphatic imine (C=N–C) groups is 1. The van der Waals surface area contributed by atoms with Crippen LogP contribution in [0, 0.1) is 3.57 Å². The van der Waals surface area contributed by atoms with Crippen molar-refractivity contribution in [2.24, 2.45) is 4.99 Å². The Morgan fingerprint density at radius 3 is 2.62 bits per heavy atom. The monoisotopic (exact) mass is 413 g/mol. The van der Waals surface area contributed by atoms with Crippen molar-refractivity contribution in [1.82, 2.24) is 4.72 Å². The molecular formula is C14H12IN3O2S. The minimum Gasteiger partial charge on any atom is -0.324 e. The van der Waals surface area contributed by atoms with Crippen molar-refractivity contribution in [2.75, 3.05) is 5.32 Å². The first kappa shape index (κ1) is 14.3. The fourth-order valence-corrected chi connectivity index (χ4v) is 3.86. The first-order valence-corrected chi connectivity index (χ1v) is 8.78. The highest BCUT2D eigenvalue weighted by molar-refractivity contribution is 14.1. The summed E-state index contributed by atoms with van der Waals surface area (Å²) in [7, 11) is -3.57. The van der Waals surface area contributed by atoms with Gasteiger partial charge in [-0.25, -0.2) is 18.1 Å². The molecular weight excluding hydrogens is 401 g/mol. The first-order valence-electron chi connectivity index (χ1n) is 6.22. The summed E-state index contributed by atoms with van der Waals surface area (Å²) in [6.07, 6.45) is 0. The molecule has 2 aromatic rings. The maximum absolute atomic E-state index is 12.2. The summed E-state index contributed by atoms with van der Waals surface area (Å²) in [4.78, 5) is 4.53. The Balaban J connectivity index is 1.90. The van der Waals surface area contributed by atoms with E-state index in [1.54, 1.807) is 12.1 Å². The Labute approximate surface area is 136 Å². The lowest BCUT2D eigenvalue weighted by Crippen LogP contribution is -2.40. The fourth-order valence-electron chi connectivity index (χ4n) is 1.98. The molecule has 0 radical (unpaired) electrons. The van der Waals surface area contributed by atoms with Gasteiger partial charge in [-0.3, -0.25) is 0 Å². The van der Waals surface area contributed by atoms with Crippen LogP contribution in [0.15, 0.2) is 58.4 Å². The maximum Gasteiger partial charge on any atom is 0.266 e. The van der Waals surface area contributed by atoms with E-state index in [1.165, 1.54) is 0 Å². The Kier molecular flexibility index (Phi) is 3.85. The van der Waals surface area contributed by atoms with Crippen LogP contribution in [-0.2, 0) is 16.6 Å². The molecule has 2 aromatic carbocycles. The van der Waals surface area contributed by atoms with Gasteiger partial charge in [0.1, 0.15) is 4.90 Å². The number of benzene rings is 2. The van der Waals surface area contributed by atoms with E-state index in [0.29, 0.717) is 12.2 Å². The van der Waals surface area contributed by atoms with Gasteiger partial charge in [-0.1, -0.05) is 30.3 Å². The van der Waals surface area contributed by atoms with Gasteiger partial charge in [0.25, 0.3) is 10.0 Å². The van der Waals surface area contributed by atoms with Crippen LogP contribution in [0.25, 0.3) is 0 Å². The molecule has 0 saturated carbocycles. The molecule has 21 heavy (non-hydrogen) atoms. The zero-order valence-corrected chi connectivity index (χ0v) is 13.8. The SMILES string of the molecule is O=S1(=O)NC(=NCc2ccccc2)Nc2ccc(I)cc21. The average Bonchev–Trinajstić information content (AvgIpc) is 2.47. The highest BCUT2D eigenvalue weighted by atomic mass is 127. The van der Waals surface area contributed by atoms with Gasteiger partial charge in [-0.15, -0.1) is 0 Å². The van der Waals surface area contributed by atoms with Crippen LogP contribution in [0.2, 0.25) is 0 Å². The van der Waals surface area contributed by atoms with Gasteiger partial charge in [-0.05, 0) is 46.4 Å². The van der Waals surface area contributed by atoms with Gasteiger partial charge < -0.3 is 5.32 Å². The molecule has 0 aromatic heterocycles. The Bertz CT molecular complexity index is 804. The summed E-state index contributed by atoms with van der Waals surface area (Å²) in [5.74, 6) is 0.243. The second kappa shape index (κ2) is 5.64. The van der Waals surface area contributed by atoms with E-state index in [-0.39, 0.29) is 10.9 Å². The molecule has 108 valence electrons. The minimum absolute atomic E-state index is 0.243. The highest BCUT2D eigenvalue weighted by Crippen LogP contribution is 2.26. The molecule has 0 amide bonds. The first-order chi connectivity index (χ1) is 10.0. The number of hydrogen-bond acceptors (Lipinski definition) is 3. The van der Waals surface area contributed by atoms with Gasteiger partial charge in [0, 0.05) is 3.57 Å².